The van der Waals surface area contributed by atoms with E-state index < -0.39 is 6.10 Å². The predicted molar refractivity (Wildman–Crippen MR) is 334 cm³/mol. The van der Waals surface area contributed by atoms with Gasteiger partial charge in [-0.2, -0.15) is 0 Å². The Morgan fingerprint density at radius 3 is 0.805 bits per heavy atom. The summed E-state index contributed by atoms with van der Waals surface area (Å²) < 4.78 is 16.9. The summed E-state index contributed by atoms with van der Waals surface area (Å²) in [6.07, 6.45) is 89.2. The van der Waals surface area contributed by atoms with Crippen molar-refractivity contribution in [2.75, 3.05) is 13.2 Å². The van der Waals surface area contributed by atoms with Gasteiger partial charge in [0.25, 0.3) is 0 Å². The lowest BCUT2D eigenvalue weighted by molar-refractivity contribution is -0.167. The summed E-state index contributed by atoms with van der Waals surface area (Å²) in [5.74, 6) is -0.930. The lowest BCUT2D eigenvalue weighted by Crippen LogP contribution is -2.30. The number of carbonyl (C=O) groups excluding carboxylic acids is 3. The topological polar surface area (TPSA) is 78.9 Å². The zero-order chi connectivity index (χ0) is 55.7. The normalized spacial score (nSPS) is 12.9. The largest absolute Gasteiger partial charge is 0.462 e. The van der Waals surface area contributed by atoms with Gasteiger partial charge in [0.1, 0.15) is 13.2 Å². The molecule has 0 bridgehead atoms. The monoisotopic (exact) mass is 1070 g/mol. The predicted octanol–water partition coefficient (Wildman–Crippen LogP) is 22.0. The van der Waals surface area contributed by atoms with Crippen LogP contribution in [0.4, 0.5) is 0 Å². The van der Waals surface area contributed by atoms with E-state index in [1.807, 2.05) is 0 Å². The minimum Gasteiger partial charge on any atom is -0.462 e. The molecule has 0 saturated heterocycles. The highest BCUT2D eigenvalue weighted by Crippen LogP contribution is 2.15. The summed E-state index contributed by atoms with van der Waals surface area (Å²) >= 11 is 0. The van der Waals surface area contributed by atoms with Gasteiger partial charge in [0.15, 0.2) is 6.10 Å². The lowest BCUT2D eigenvalue weighted by atomic mass is 10.1. The number of ether oxygens (including phenoxy) is 3. The number of esters is 3. The molecule has 0 heterocycles. The fraction of sp³-hybridized carbons (Fsp3) is 0.676. The van der Waals surface area contributed by atoms with Gasteiger partial charge >= 0.3 is 17.9 Å². The number of hydrogen-bond acceptors (Lipinski definition) is 6. The third kappa shape index (κ3) is 62.5. The van der Waals surface area contributed by atoms with E-state index in [0.29, 0.717) is 19.3 Å². The van der Waals surface area contributed by atoms with Crippen LogP contribution in [0, 0.1) is 0 Å². The van der Waals surface area contributed by atoms with E-state index in [9.17, 15) is 14.4 Å². The summed E-state index contributed by atoms with van der Waals surface area (Å²) in [6.45, 7) is 6.38. The molecular weight excluding hydrogens is 949 g/mol. The Hall–Kier alpha value is -4.19. The quantitative estimate of drug-likeness (QED) is 0.0261. The van der Waals surface area contributed by atoms with E-state index in [4.69, 9.17) is 14.2 Å². The van der Waals surface area contributed by atoms with E-state index in [0.717, 1.165) is 128 Å². The highest BCUT2D eigenvalue weighted by atomic mass is 16.6. The van der Waals surface area contributed by atoms with E-state index in [1.165, 1.54) is 122 Å². The van der Waals surface area contributed by atoms with Crippen molar-refractivity contribution in [1.82, 2.24) is 0 Å². The molecule has 1 unspecified atom stereocenters. The van der Waals surface area contributed by atoms with Crippen molar-refractivity contribution in [3.05, 3.63) is 122 Å². The Bertz CT molecular complexity index is 1600. The summed E-state index contributed by atoms with van der Waals surface area (Å²) in [6, 6.07) is 0. The third-order valence-electron chi connectivity index (χ3n) is 13.4. The Morgan fingerprint density at radius 2 is 0.506 bits per heavy atom. The van der Waals surface area contributed by atoms with E-state index in [2.05, 4.69) is 142 Å². The van der Waals surface area contributed by atoms with Crippen molar-refractivity contribution in [3.8, 4) is 0 Å². The zero-order valence-corrected chi connectivity index (χ0v) is 50.2. The van der Waals surface area contributed by atoms with Crippen molar-refractivity contribution in [3.63, 3.8) is 0 Å². The van der Waals surface area contributed by atoms with Crippen molar-refractivity contribution in [1.29, 1.82) is 0 Å². The fourth-order valence-corrected chi connectivity index (χ4v) is 8.69. The minimum absolute atomic E-state index is 0.0944. The number of carbonyl (C=O) groups is 3. The number of unbranched alkanes of at least 4 members (excludes halogenated alkanes) is 26. The van der Waals surface area contributed by atoms with Gasteiger partial charge in [0.05, 0.1) is 0 Å². The summed E-state index contributed by atoms with van der Waals surface area (Å²) in [5, 5.41) is 0. The van der Waals surface area contributed by atoms with Crippen molar-refractivity contribution in [2.45, 2.75) is 297 Å². The second kappa shape index (κ2) is 64.3. The maximum absolute atomic E-state index is 12.9. The molecule has 6 heteroatoms. The van der Waals surface area contributed by atoms with E-state index >= 15 is 0 Å². The van der Waals surface area contributed by atoms with Crippen molar-refractivity contribution < 1.29 is 28.6 Å². The SMILES string of the molecule is CC/C=C\C/C=C\C/C=C\C/C=C\C/C=C\CCCCCCCCCCCC(=O)OCC(COC(=O)CCCCC/C=C\C/C=C\C/C=C\CC)OC(=O)CCCCCCCCCCC/C=C\C/C=C\CCCCCCC. The van der Waals surface area contributed by atoms with E-state index in [1.54, 1.807) is 0 Å². The van der Waals surface area contributed by atoms with Crippen LogP contribution in [0.2, 0.25) is 0 Å². The van der Waals surface area contributed by atoms with Crippen molar-refractivity contribution in [2.24, 2.45) is 0 Å². The van der Waals surface area contributed by atoms with Gasteiger partial charge in [0, 0.05) is 19.3 Å². The molecule has 438 valence electrons. The number of rotatable bonds is 57. The number of hydrogen-bond donors (Lipinski definition) is 0. The highest BCUT2D eigenvalue weighted by molar-refractivity contribution is 5.71. The molecule has 0 rings (SSSR count). The minimum atomic E-state index is -0.799. The zero-order valence-electron chi connectivity index (χ0n) is 50.2. The van der Waals surface area contributed by atoms with Gasteiger partial charge in [-0.05, 0) is 128 Å². The first-order valence-electron chi connectivity index (χ1n) is 32.0. The Labute approximate surface area is 475 Å². The Kier molecular flexibility index (Phi) is 60.8. The molecule has 0 N–H and O–H groups in total. The molecule has 0 aromatic rings. The first-order valence-corrected chi connectivity index (χ1v) is 32.0. The first kappa shape index (κ1) is 72.8. The molecule has 0 radical (unpaired) electrons. The maximum Gasteiger partial charge on any atom is 0.306 e. The summed E-state index contributed by atoms with van der Waals surface area (Å²) in [5.41, 5.74) is 0. The van der Waals surface area contributed by atoms with Gasteiger partial charge in [0.2, 0.25) is 0 Å². The highest BCUT2D eigenvalue weighted by Gasteiger charge is 2.19. The molecule has 0 aromatic heterocycles. The molecule has 0 fully saturated rings. The van der Waals surface area contributed by atoms with Crippen LogP contribution in [0.3, 0.4) is 0 Å². The fourth-order valence-electron chi connectivity index (χ4n) is 8.69. The molecule has 0 aliphatic heterocycles. The molecule has 0 aliphatic rings. The molecule has 0 aliphatic carbocycles. The average molecular weight is 1070 g/mol. The van der Waals surface area contributed by atoms with Crippen LogP contribution in [0.25, 0.3) is 0 Å². The lowest BCUT2D eigenvalue weighted by Gasteiger charge is -2.18. The second-order valence-electron chi connectivity index (χ2n) is 20.9. The molecule has 6 nitrogen and oxygen atoms in total. The van der Waals surface area contributed by atoms with Gasteiger partial charge < -0.3 is 14.2 Å². The first-order chi connectivity index (χ1) is 38.0. The van der Waals surface area contributed by atoms with Crippen LogP contribution in [-0.4, -0.2) is 37.2 Å². The Balaban J connectivity index is 4.37. The maximum atomic E-state index is 12.9. The van der Waals surface area contributed by atoms with Gasteiger partial charge in [-0.25, -0.2) is 0 Å². The molecule has 0 aromatic carbocycles. The van der Waals surface area contributed by atoms with Gasteiger partial charge in [-0.1, -0.05) is 264 Å². The molecule has 1 atom stereocenters. The second-order valence-corrected chi connectivity index (χ2v) is 20.9. The smallest absolute Gasteiger partial charge is 0.306 e. The molecule has 0 saturated carbocycles. The van der Waals surface area contributed by atoms with Gasteiger partial charge in [-0.15, -0.1) is 0 Å². The molecular formula is C71H118O6. The Morgan fingerprint density at radius 1 is 0.273 bits per heavy atom. The van der Waals surface area contributed by atoms with Crippen LogP contribution in [0.1, 0.15) is 290 Å². The van der Waals surface area contributed by atoms with Crippen LogP contribution in [0.5, 0.6) is 0 Å². The summed E-state index contributed by atoms with van der Waals surface area (Å²) in [7, 11) is 0. The van der Waals surface area contributed by atoms with Gasteiger partial charge in [-0.3, -0.25) is 14.4 Å². The molecule has 0 amide bonds. The third-order valence-corrected chi connectivity index (χ3v) is 13.4. The van der Waals surface area contributed by atoms with Crippen LogP contribution in [0.15, 0.2) is 122 Å². The van der Waals surface area contributed by atoms with Crippen molar-refractivity contribution >= 4 is 17.9 Å². The molecule has 0 spiro atoms. The summed E-state index contributed by atoms with van der Waals surface area (Å²) in [4.78, 5) is 38.3. The standard InChI is InChI=1S/C71H118O6/c1-4-7-10-13-16-19-22-25-27-29-31-33-34-35-36-38-39-41-43-46-49-52-55-58-61-64-70(73)76-67-68(66-75-69(72)63-60-57-54-51-48-45-24-21-18-15-12-9-6-3)77-71(74)65-62-59-56-53-50-47-44-42-40-37-32-30-28-26-23-20-17-14-11-8-5-2/h7,9-10,12,16,18-19,21,23,25-27,30-33,35-36,45,48,68H,4-6,8,11,13-15,17,20,22,24,28-29,34,37-44,46-47,49-67H2,1-3H3/b10-7-,12-9-,19-16-,21-18-,26-23-,27-25-,32-30-,33-31-,36-35-,48-45-. The van der Waals surface area contributed by atoms with E-state index in [-0.39, 0.29) is 31.1 Å². The number of allylic oxidation sites excluding steroid dienone is 20. The van der Waals surface area contributed by atoms with Crippen LogP contribution < -0.4 is 0 Å². The average Bonchev–Trinajstić information content (AvgIpc) is 3.43. The van der Waals surface area contributed by atoms with Crippen LogP contribution in [-0.2, 0) is 28.6 Å². The molecule has 77 heavy (non-hydrogen) atoms. The van der Waals surface area contributed by atoms with Crippen LogP contribution >= 0.6 is 0 Å².